The van der Waals surface area contributed by atoms with Crippen LogP contribution in [0.25, 0.3) is 0 Å². The second-order valence-electron chi connectivity index (χ2n) is 4.23. The van der Waals surface area contributed by atoms with Crippen LogP contribution in [0.2, 0.25) is 0 Å². The average molecular weight is 260 g/mol. The Morgan fingerprint density at radius 3 is 2.95 bits per heavy atom. The lowest BCUT2D eigenvalue weighted by Gasteiger charge is -2.08. The van der Waals surface area contributed by atoms with Gasteiger partial charge >= 0.3 is 0 Å². The highest BCUT2D eigenvalue weighted by atomic mass is 19.1. The SMILES string of the molecule is COc1ncccc1CNCCc1cccc(F)c1. The Labute approximate surface area is 112 Å². The molecule has 19 heavy (non-hydrogen) atoms. The number of nitrogens with zero attached hydrogens (tertiary/aromatic N) is 1. The summed E-state index contributed by atoms with van der Waals surface area (Å²) in [4.78, 5) is 4.13. The van der Waals surface area contributed by atoms with Gasteiger partial charge in [-0.2, -0.15) is 0 Å². The van der Waals surface area contributed by atoms with E-state index in [2.05, 4.69) is 10.3 Å². The van der Waals surface area contributed by atoms with E-state index < -0.39 is 0 Å². The fourth-order valence-corrected chi connectivity index (χ4v) is 1.89. The van der Waals surface area contributed by atoms with E-state index in [0.717, 1.165) is 24.1 Å². The van der Waals surface area contributed by atoms with Crippen molar-refractivity contribution >= 4 is 0 Å². The molecule has 0 aliphatic heterocycles. The summed E-state index contributed by atoms with van der Waals surface area (Å²) in [6.07, 6.45) is 2.50. The molecule has 1 aromatic carbocycles. The quantitative estimate of drug-likeness (QED) is 0.811. The summed E-state index contributed by atoms with van der Waals surface area (Å²) in [7, 11) is 1.61. The lowest BCUT2D eigenvalue weighted by molar-refractivity contribution is 0.390. The summed E-state index contributed by atoms with van der Waals surface area (Å²) in [6.45, 7) is 1.47. The summed E-state index contributed by atoms with van der Waals surface area (Å²) >= 11 is 0. The highest BCUT2D eigenvalue weighted by Crippen LogP contribution is 2.12. The lowest BCUT2D eigenvalue weighted by atomic mass is 10.1. The summed E-state index contributed by atoms with van der Waals surface area (Å²) in [5.74, 6) is 0.451. The Kier molecular flexibility index (Phi) is 4.86. The third kappa shape index (κ3) is 4.03. The van der Waals surface area contributed by atoms with Crippen molar-refractivity contribution in [2.75, 3.05) is 13.7 Å². The first-order valence-corrected chi connectivity index (χ1v) is 6.22. The van der Waals surface area contributed by atoms with Gasteiger partial charge in [0.2, 0.25) is 5.88 Å². The van der Waals surface area contributed by atoms with E-state index in [9.17, 15) is 4.39 Å². The standard InChI is InChI=1S/C15H17FN2O/c1-19-15-13(5-3-8-18-15)11-17-9-7-12-4-2-6-14(16)10-12/h2-6,8,10,17H,7,9,11H2,1H3. The minimum atomic E-state index is -0.188. The van der Waals surface area contributed by atoms with Crippen LogP contribution < -0.4 is 10.1 Å². The van der Waals surface area contributed by atoms with E-state index in [0.29, 0.717) is 12.4 Å². The Morgan fingerprint density at radius 1 is 1.26 bits per heavy atom. The van der Waals surface area contributed by atoms with E-state index in [1.807, 2.05) is 18.2 Å². The Balaban J connectivity index is 1.81. The molecule has 3 nitrogen and oxygen atoms in total. The number of rotatable bonds is 6. The van der Waals surface area contributed by atoms with Gasteiger partial charge in [0.1, 0.15) is 5.82 Å². The molecule has 1 N–H and O–H groups in total. The third-order valence-electron chi connectivity index (χ3n) is 2.84. The van der Waals surface area contributed by atoms with Crippen molar-refractivity contribution in [3.63, 3.8) is 0 Å². The molecule has 1 heterocycles. The minimum Gasteiger partial charge on any atom is -0.481 e. The molecule has 0 unspecified atom stereocenters. The molecule has 1 aromatic heterocycles. The van der Waals surface area contributed by atoms with Gasteiger partial charge in [-0.05, 0) is 36.7 Å². The van der Waals surface area contributed by atoms with Crippen LogP contribution in [0.3, 0.4) is 0 Å². The van der Waals surface area contributed by atoms with Gasteiger partial charge < -0.3 is 10.1 Å². The number of aromatic nitrogens is 1. The van der Waals surface area contributed by atoms with Crippen LogP contribution in [0.15, 0.2) is 42.6 Å². The van der Waals surface area contributed by atoms with Gasteiger partial charge in [-0.3, -0.25) is 0 Å². The predicted molar refractivity (Wildman–Crippen MR) is 72.6 cm³/mol. The molecule has 4 heteroatoms. The van der Waals surface area contributed by atoms with Crippen LogP contribution in [0.5, 0.6) is 5.88 Å². The maximum absolute atomic E-state index is 13.0. The number of halogens is 1. The van der Waals surface area contributed by atoms with E-state index >= 15 is 0 Å². The fourth-order valence-electron chi connectivity index (χ4n) is 1.89. The van der Waals surface area contributed by atoms with Crippen LogP contribution in [0.4, 0.5) is 4.39 Å². The normalized spacial score (nSPS) is 10.4. The number of hydrogen-bond acceptors (Lipinski definition) is 3. The maximum atomic E-state index is 13.0. The monoisotopic (exact) mass is 260 g/mol. The summed E-state index contributed by atoms with van der Waals surface area (Å²) in [6, 6.07) is 10.5. The zero-order valence-corrected chi connectivity index (χ0v) is 10.9. The topological polar surface area (TPSA) is 34.1 Å². The van der Waals surface area contributed by atoms with Gasteiger partial charge in [0.15, 0.2) is 0 Å². The molecule has 0 bridgehead atoms. The number of pyridine rings is 1. The van der Waals surface area contributed by atoms with Gasteiger partial charge in [0.05, 0.1) is 7.11 Å². The van der Waals surface area contributed by atoms with Crippen molar-refractivity contribution in [3.8, 4) is 5.88 Å². The molecule has 2 aromatic rings. The number of nitrogens with one attached hydrogen (secondary N) is 1. The van der Waals surface area contributed by atoms with E-state index in [1.165, 1.54) is 6.07 Å². The molecule has 0 radical (unpaired) electrons. The van der Waals surface area contributed by atoms with Crippen LogP contribution >= 0.6 is 0 Å². The van der Waals surface area contributed by atoms with Crippen molar-refractivity contribution in [2.24, 2.45) is 0 Å². The second-order valence-corrected chi connectivity index (χ2v) is 4.23. The molecular formula is C15H17FN2O. The third-order valence-corrected chi connectivity index (χ3v) is 2.84. The first kappa shape index (κ1) is 13.5. The lowest BCUT2D eigenvalue weighted by Crippen LogP contribution is -2.17. The fraction of sp³-hybridized carbons (Fsp3) is 0.267. The zero-order valence-electron chi connectivity index (χ0n) is 10.9. The van der Waals surface area contributed by atoms with Crippen LogP contribution in [0, 0.1) is 5.82 Å². The zero-order chi connectivity index (χ0) is 13.5. The molecule has 0 saturated heterocycles. The van der Waals surface area contributed by atoms with E-state index in [1.54, 1.807) is 25.4 Å². The minimum absolute atomic E-state index is 0.188. The molecule has 0 spiro atoms. The van der Waals surface area contributed by atoms with Gasteiger partial charge in [-0.25, -0.2) is 9.37 Å². The molecule has 0 aliphatic rings. The maximum Gasteiger partial charge on any atom is 0.217 e. The second kappa shape index (κ2) is 6.85. The van der Waals surface area contributed by atoms with Crippen LogP contribution in [0.1, 0.15) is 11.1 Å². The van der Waals surface area contributed by atoms with Crippen molar-refractivity contribution in [1.82, 2.24) is 10.3 Å². The van der Waals surface area contributed by atoms with E-state index in [-0.39, 0.29) is 5.82 Å². The molecule has 0 amide bonds. The molecule has 0 saturated carbocycles. The first-order valence-electron chi connectivity index (χ1n) is 6.22. The summed E-state index contributed by atoms with van der Waals surface area (Å²) in [5.41, 5.74) is 2.01. The highest BCUT2D eigenvalue weighted by Gasteiger charge is 2.02. The van der Waals surface area contributed by atoms with Gasteiger partial charge in [0.25, 0.3) is 0 Å². The number of hydrogen-bond donors (Lipinski definition) is 1. The molecule has 100 valence electrons. The molecule has 0 aliphatic carbocycles. The van der Waals surface area contributed by atoms with Gasteiger partial charge in [-0.15, -0.1) is 0 Å². The Bertz CT molecular complexity index is 531. The molecule has 0 fully saturated rings. The van der Waals surface area contributed by atoms with Crippen molar-refractivity contribution in [2.45, 2.75) is 13.0 Å². The summed E-state index contributed by atoms with van der Waals surface area (Å²) in [5, 5.41) is 3.30. The Hall–Kier alpha value is -1.94. The molecular weight excluding hydrogens is 243 g/mol. The Morgan fingerprint density at radius 2 is 2.16 bits per heavy atom. The smallest absolute Gasteiger partial charge is 0.217 e. The van der Waals surface area contributed by atoms with Crippen molar-refractivity contribution in [1.29, 1.82) is 0 Å². The number of benzene rings is 1. The van der Waals surface area contributed by atoms with Gasteiger partial charge in [0, 0.05) is 18.3 Å². The number of methoxy groups -OCH3 is 1. The van der Waals surface area contributed by atoms with Crippen molar-refractivity contribution < 1.29 is 9.13 Å². The highest BCUT2D eigenvalue weighted by molar-refractivity contribution is 5.25. The predicted octanol–water partition coefficient (Wildman–Crippen LogP) is 2.56. The van der Waals surface area contributed by atoms with Crippen LogP contribution in [-0.4, -0.2) is 18.6 Å². The number of ether oxygens (including phenoxy) is 1. The van der Waals surface area contributed by atoms with Crippen LogP contribution in [-0.2, 0) is 13.0 Å². The largest absolute Gasteiger partial charge is 0.481 e. The van der Waals surface area contributed by atoms with Gasteiger partial charge in [-0.1, -0.05) is 18.2 Å². The average Bonchev–Trinajstić information content (AvgIpc) is 2.44. The summed E-state index contributed by atoms with van der Waals surface area (Å²) < 4.78 is 18.2. The van der Waals surface area contributed by atoms with E-state index in [4.69, 9.17) is 4.74 Å². The molecule has 2 rings (SSSR count). The first-order chi connectivity index (χ1) is 9.29. The van der Waals surface area contributed by atoms with Crippen molar-refractivity contribution in [3.05, 3.63) is 59.5 Å². The molecule has 0 atom stereocenters.